The molecule has 0 bridgehead atoms. The Hall–Kier alpha value is -1.02. The molecule has 96 valence electrons. The molecule has 1 unspecified atom stereocenters. The van der Waals surface area contributed by atoms with E-state index in [0.29, 0.717) is 6.04 Å². The fraction of sp³-hybridized carbons (Fsp3) is 0.600. The number of benzene rings is 1. The van der Waals surface area contributed by atoms with Gasteiger partial charge in [-0.3, -0.25) is 0 Å². The molecule has 0 spiro atoms. The van der Waals surface area contributed by atoms with Crippen LogP contribution in [0.2, 0.25) is 0 Å². The van der Waals surface area contributed by atoms with Gasteiger partial charge in [0.1, 0.15) is 0 Å². The van der Waals surface area contributed by atoms with Crippen LogP contribution < -0.4 is 5.32 Å². The molecule has 0 amide bonds. The van der Waals surface area contributed by atoms with Gasteiger partial charge in [-0.15, -0.1) is 0 Å². The molecule has 0 radical (unpaired) electrons. The van der Waals surface area contributed by atoms with E-state index in [4.69, 9.17) is 0 Å². The summed E-state index contributed by atoms with van der Waals surface area (Å²) in [4.78, 5) is 2.40. The Labute approximate surface area is 106 Å². The van der Waals surface area contributed by atoms with Crippen LogP contribution in [-0.4, -0.2) is 30.1 Å². The van der Waals surface area contributed by atoms with Crippen LogP contribution in [-0.2, 0) is 0 Å². The molecule has 0 fully saturated rings. The first-order chi connectivity index (χ1) is 7.95. The van der Waals surface area contributed by atoms with Gasteiger partial charge in [-0.1, -0.05) is 25.1 Å². The van der Waals surface area contributed by atoms with Gasteiger partial charge >= 0.3 is 0 Å². The highest BCUT2D eigenvalue weighted by atomic mass is 15.2. The lowest BCUT2D eigenvalue weighted by Gasteiger charge is -2.37. The summed E-state index contributed by atoms with van der Waals surface area (Å²) in [6, 6.07) is 10.9. The second kappa shape index (κ2) is 6.06. The van der Waals surface area contributed by atoms with Crippen molar-refractivity contribution in [1.82, 2.24) is 4.90 Å². The summed E-state index contributed by atoms with van der Waals surface area (Å²) in [5, 5.41) is 3.55. The first-order valence-corrected chi connectivity index (χ1v) is 6.48. The number of para-hydroxylation sites is 1. The molecule has 0 aliphatic carbocycles. The molecule has 1 aromatic carbocycles. The minimum atomic E-state index is 0.232. The second-order valence-electron chi connectivity index (χ2n) is 5.44. The number of nitrogens with zero attached hydrogens (tertiary/aromatic N) is 1. The first-order valence-electron chi connectivity index (χ1n) is 6.48. The van der Waals surface area contributed by atoms with Crippen molar-refractivity contribution < 1.29 is 0 Å². The molecule has 2 nitrogen and oxygen atoms in total. The smallest absolute Gasteiger partial charge is 0.0342 e. The minimum Gasteiger partial charge on any atom is -0.383 e. The maximum atomic E-state index is 3.55. The van der Waals surface area contributed by atoms with Crippen molar-refractivity contribution in [2.45, 2.75) is 45.7 Å². The van der Waals surface area contributed by atoms with Crippen LogP contribution in [0, 0.1) is 0 Å². The van der Waals surface area contributed by atoms with Gasteiger partial charge in [0.05, 0.1) is 0 Å². The van der Waals surface area contributed by atoms with E-state index in [1.54, 1.807) is 0 Å². The second-order valence-corrected chi connectivity index (χ2v) is 5.44. The van der Waals surface area contributed by atoms with Crippen molar-refractivity contribution in [3.63, 3.8) is 0 Å². The van der Waals surface area contributed by atoms with Crippen LogP contribution in [0.3, 0.4) is 0 Å². The number of hydrogen-bond donors (Lipinski definition) is 1. The molecule has 0 heterocycles. The Kier molecular flexibility index (Phi) is 5.01. The van der Waals surface area contributed by atoms with Crippen LogP contribution in [0.4, 0.5) is 5.69 Å². The summed E-state index contributed by atoms with van der Waals surface area (Å²) in [6.45, 7) is 10.2. The lowest BCUT2D eigenvalue weighted by molar-refractivity contribution is 0.148. The molecule has 0 aliphatic rings. The van der Waals surface area contributed by atoms with Crippen molar-refractivity contribution in [2.75, 3.05) is 18.9 Å². The van der Waals surface area contributed by atoms with Gasteiger partial charge in [0.2, 0.25) is 0 Å². The lowest BCUT2D eigenvalue weighted by Crippen LogP contribution is -2.44. The Morgan fingerprint density at radius 3 is 2.35 bits per heavy atom. The molecule has 1 N–H and O–H groups in total. The first kappa shape index (κ1) is 14.0. The van der Waals surface area contributed by atoms with Crippen LogP contribution in [0.5, 0.6) is 0 Å². The third kappa shape index (κ3) is 4.39. The van der Waals surface area contributed by atoms with Gasteiger partial charge in [-0.05, 0) is 52.9 Å². The highest BCUT2D eigenvalue weighted by Crippen LogP contribution is 2.20. The van der Waals surface area contributed by atoms with Gasteiger partial charge < -0.3 is 10.2 Å². The van der Waals surface area contributed by atoms with Gasteiger partial charge in [0, 0.05) is 17.3 Å². The summed E-state index contributed by atoms with van der Waals surface area (Å²) in [7, 11) is 2.19. The van der Waals surface area contributed by atoms with Gasteiger partial charge in [-0.2, -0.15) is 0 Å². The molecule has 1 rings (SSSR count). The third-order valence-corrected chi connectivity index (χ3v) is 3.50. The number of hydrogen-bond acceptors (Lipinski definition) is 2. The van der Waals surface area contributed by atoms with Gasteiger partial charge in [0.25, 0.3) is 0 Å². The standard InChI is InChI=1S/C15H26N2/c1-6-17(5)15(3,4)12-13(2)16-14-10-8-7-9-11-14/h7-11,13,16H,6,12H2,1-5H3. The molecular formula is C15H26N2. The van der Waals surface area contributed by atoms with Crippen LogP contribution in [0.15, 0.2) is 30.3 Å². The van der Waals surface area contributed by atoms with E-state index in [1.807, 2.05) is 6.07 Å². The average Bonchev–Trinajstić information content (AvgIpc) is 2.28. The normalized spacial score (nSPS) is 13.8. The van der Waals surface area contributed by atoms with E-state index in [2.05, 4.69) is 69.2 Å². The SMILES string of the molecule is CCN(C)C(C)(C)CC(C)Nc1ccccc1. The van der Waals surface area contributed by atoms with E-state index >= 15 is 0 Å². The van der Waals surface area contributed by atoms with Crippen molar-refractivity contribution in [1.29, 1.82) is 0 Å². The van der Waals surface area contributed by atoms with E-state index < -0.39 is 0 Å². The average molecular weight is 234 g/mol. The Bertz CT molecular complexity index is 319. The van der Waals surface area contributed by atoms with Crippen molar-refractivity contribution in [3.8, 4) is 0 Å². The van der Waals surface area contributed by atoms with E-state index in [-0.39, 0.29) is 5.54 Å². The van der Waals surface area contributed by atoms with Gasteiger partial charge in [0.15, 0.2) is 0 Å². The van der Waals surface area contributed by atoms with Crippen molar-refractivity contribution in [3.05, 3.63) is 30.3 Å². The monoisotopic (exact) mass is 234 g/mol. The molecule has 1 aromatic rings. The maximum Gasteiger partial charge on any atom is 0.0342 e. The van der Waals surface area contributed by atoms with Gasteiger partial charge in [-0.25, -0.2) is 0 Å². The Morgan fingerprint density at radius 1 is 1.24 bits per heavy atom. The predicted molar refractivity (Wildman–Crippen MR) is 76.5 cm³/mol. The lowest BCUT2D eigenvalue weighted by atomic mass is 9.94. The number of rotatable bonds is 6. The summed E-state index contributed by atoms with van der Waals surface area (Å²) in [6.07, 6.45) is 1.13. The topological polar surface area (TPSA) is 15.3 Å². The molecule has 0 saturated carbocycles. The summed E-state index contributed by atoms with van der Waals surface area (Å²) < 4.78 is 0. The zero-order chi connectivity index (χ0) is 12.9. The summed E-state index contributed by atoms with van der Waals surface area (Å²) >= 11 is 0. The van der Waals surface area contributed by atoms with Crippen LogP contribution in [0.1, 0.15) is 34.1 Å². The Morgan fingerprint density at radius 2 is 1.82 bits per heavy atom. The minimum absolute atomic E-state index is 0.232. The molecular weight excluding hydrogens is 208 g/mol. The van der Waals surface area contributed by atoms with E-state index in [1.165, 1.54) is 5.69 Å². The zero-order valence-corrected chi connectivity index (χ0v) is 11.8. The summed E-state index contributed by atoms with van der Waals surface area (Å²) in [5.74, 6) is 0. The number of nitrogens with one attached hydrogen (secondary N) is 1. The fourth-order valence-electron chi connectivity index (χ4n) is 2.20. The van der Waals surface area contributed by atoms with Crippen LogP contribution in [0.25, 0.3) is 0 Å². The number of anilines is 1. The fourth-order valence-corrected chi connectivity index (χ4v) is 2.20. The van der Waals surface area contributed by atoms with Crippen molar-refractivity contribution in [2.24, 2.45) is 0 Å². The quantitative estimate of drug-likeness (QED) is 0.809. The predicted octanol–water partition coefficient (Wildman–Crippen LogP) is 3.61. The highest BCUT2D eigenvalue weighted by Gasteiger charge is 2.24. The zero-order valence-electron chi connectivity index (χ0n) is 11.8. The summed E-state index contributed by atoms with van der Waals surface area (Å²) in [5.41, 5.74) is 1.44. The van der Waals surface area contributed by atoms with Crippen molar-refractivity contribution >= 4 is 5.69 Å². The maximum absolute atomic E-state index is 3.55. The molecule has 0 aliphatic heterocycles. The largest absolute Gasteiger partial charge is 0.383 e. The Balaban J connectivity index is 2.52. The highest BCUT2D eigenvalue weighted by molar-refractivity contribution is 5.43. The van der Waals surface area contributed by atoms with E-state index in [9.17, 15) is 0 Å². The van der Waals surface area contributed by atoms with E-state index in [0.717, 1.165) is 13.0 Å². The molecule has 2 heteroatoms. The molecule has 0 saturated heterocycles. The third-order valence-electron chi connectivity index (χ3n) is 3.50. The molecule has 17 heavy (non-hydrogen) atoms. The van der Waals surface area contributed by atoms with Crippen LogP contribution >= 0.6 is 0 Å². The molecule has 0 aromatic heterocycles. The molecule has 1 atom stereocenters.